The largest absolute Gasteiger partial charge is 0.394 e. The number of aromatic nitrogens is 10. The summed E-state index contributed by atoms with van der Waals surface area (Å²) >= 11 is 0. The van der Waals surface area contributed by atoms with Gasteiger partial charge in [-0.2, -0.15) is 5.10 Å². The van der Waals surface area contributed by atoms with Gasteiger partial charge in [0.05, 0.1) is 24.7 Å². The van der Waals surface area contributed by atoms with Gasteiger partial charge in [-0.05, 0) is 0 Å². The summed E-state index contributed by atoms with van der Waals surface area (Å²) in [5, 5.41) is 39.2. The maximum atomic E-state index is 9.95. The lowest BCUT2D eigenvalue weighted by atomic mass is 10.1. The van der Waals surface area contributed by atoms with Crippen molar-refractivity contribution < 1.29 is 20.1 Å². The smallest absolute Gasteiger partial charge is 0.188 e. The van der Waals surface area contributed by atoms with Gasteiger partial charge in [-0.3, -0.25) is 9.67 Å². The number of aliphatic hydroxyl groups is 3. The number of nitrogen functional groups attached to an aromatic ring is 1. The van der Waals surface area contributed by atoms with Crippen LogP contribution in [0, 0.1) is 0 Å². The van der Waals surface area contributed by atoms with Crippen LogP contribution in [0.25, 0.3) is 28.2 Å². The second-order valence-corrected chi connectivity index (χ2v) is 6.72. The van der Waals surface area contributed by atoms with E-state index in [4.69, 9.17) is 15.6 Å². The van der Waals surface area contributed by atoms with Gasteiger partial charge in [0, 0.05) is 0 Å². The maximum Gasteiger partial charge on any atom is 0.188 e. The molecule has 0 unspecified atom stereocenters. The van der Waals surface area contributed by atoms with Gasteiger partial charge in [-0.25, -0.2) is 29.4 Å². The first-order chi connectivity index (χ1) is 15.1. The van der Waals surface area contributed by atoms with Crippen molar-refractivity contribution in [2.45, 2.75) is 24.5 Å². The Morgan fingerprint density at radius 3 is 2.74 bits per heavy atom. The van der Waals surface area contributed by atoms with Crippen LogP contribution in [-0.2, 0) is 4.74 Å². The van der Waals surface area contributed by atoms with Crippen molar-refractivity contribution in [3.63, 3.8) is 0 Å². The molecule has 0 amide bonds. The molecule has 0 spiro atoms. The molecule has 6 N–H and O–H groups in total. The summed E-state index contributed by atoms with van der Waals surface area (Å²) in [7, 11) is 0. The van der Waals surface area contributed by atoms with Gasteiger partial charge in [-0.1, -0.05) is 0 Å². The molecule has 3 aromatic heterocycles. The fourth-order valence-electron chi connectivity index (χ4n) is 3.35. The van der Waals surface area contributed by atoms with Crippen LogP contribution in [0.3, 0.4) is 0 Å². The van der Waals surface area contributed by atoms with E-state index in [9.17, 15) is 10.2 Å². The molecule has 1 fully saturated rings. The zero-order valence-electron chi connectivity index (χ0n) is 15.8. The minimum atomic E-state index is -1.19. The van der Waals surface area contributed by atoms with Crippen molar-refractivity contribution in [3.05, 3.63) is 31.5 Å². The first-order valence-electron chi connectivity index (χ1n) is 9.11. The number of nitrogens with two attached hydrogens (primary N) is 1. The third-order valence-corrected chi connectivity index (χ3v) is 4.91. The lowest BCUT2D eigenvalue weighted by Gasteiger charge is -2.16. The quantitative estimate of drug-likeness (QED) is 0.206. The van der Waals surface area contributed by atoms with Crippen LogP contribution < -0.4 is 5.73 Å². The number of aliphatic hydroxyl groups excluding tert-OH is 3. The van der Waals surface area contributed by atoms with Crippen molar-refractivity contribution in [1.82, 2.24) is 49.3 Å². The number of anilines is 1. The minimum Gasteiger partial charge on any atom is -0.394 e. The molecular formula is C16H17N11O4. The molecule has 0 aliphatic carbocycles. The van der Waals surface area contributed by atoms with Gasteiger partial charge in [0.25, 0.3) is 0 Å². The highest BCUT2D eigenvalue weighted by atomic mass is 16.6. The molecule has 0 radical (unpaired) electrons. The van der Waals surface area contributed by atoms with Gasteiger partial charge < -0.3 is 25.8 Å². The van der Waals surface area contributed by atoms with Crippen LogP contribution >= 0.6 is 0 Å². The van der Waals surface area contributed by atoms with E-state index in [1.54, 1.807) is 23.4 Å². The number of rotatable bonds is 2. The molecule has 15 heteroatoms. The Morgan fingerprint density at radius 1 is 1.06 bits per heavy atom. The Balaban J connectivity index is 0.000000145. The molecule has 6 rings (SSSR count). The van der Waals surface area contributed by atoms with E-state index in [1.807, 2.05) is 0 Å². The topological polar surface area (TPSA) is 211 Å². The highest BCUT2D eigenvalue weighted by Crippen LogP contribution is 2.31. The summed E-state index contributed by atoms with van der Waals surface area (Å²) in [4.78, 5) is 20.1. The van der Waals surface area contributed by atoms with Crippen LogP contribution in [-0.4, -0.2) is 89.5 Å². The van der Waals surface area contributed by atoms with Crippen molar-refractivity contribution in [2.24, 2.45) is 0 Å². The fourth-order valence-corrected chi connectivity index (χ4v) is 3.35. The molecule has 160 valence electrons. The lowest BCUT2D eigenvalue weighted by Crippen LogP contribution is -2.33. The van der Waals surface area contributed by atoms with Crippen LogP contribution in [0.15, 0.2) is 31.5 Å². The second-order valence-electron chi connectivity index (χ2n) is 6.72. The van der Waals surface area contributed by atoms with Crippen LogP contribution in [0.2, 0.25) is 0 Å². The zero-order valence-corrected chi connectivity index (χ0v) is 15.8. The van der Waals surface area contributed by atoms with E-state index in [2.05, 4.69) is 40.2 Å². The van der Waals surface area contributed by atoms with Crippen molar-refractivity contribution in [1.29, 1.82) is 0 Å². The Morgan fingerprint density at radius 2 is 1.94 bits per heavy atom. The van der Waals surface area contributed by atoms with Gasteiger partial charge >= 0.3 is 0 Å². The Hall–Kier alpha value is -3.79. The number of nitrogens with zero attached hydrogens (tertiary/aromatic N) is 9. The molecule has 3 aliphatic rings. The zero-order chi connectivity index (χ0) is 21.5. The second kappa shape index (κ2) is 7.47. The third-order valence-electron chi connectivity index (χ3n) is 4.91. The van der Waals surface area contributed by atoms with Crippen LogP contribution in [0.4, 0.5) is 5.82 Å². The number of hydrogen-bond donors (Lipinski definition) is 5. The fraction of sp³-hybridized carbons (Fsp3) is 0.312. The maximum absolute atomic E-state index is 9.95. The number of fused-ring (bicyclic) bond motifs is 4. The van der Waals surface area contributed by atoms with E-state index in [1.165, 1.54) is 17.2 Å². The van der Waals surface area contributed by atoms with Gasteiger partial charge in [0.1, 0.15) is 42.8 Å². The molecule has 0 bridgehead atoms. The number of H-pyrrole nitrogens is 1. The normalized spacial score (nSPS) is 23.5. The number of nitrogens with one attached hydrogen (secondary N) is 1. The molecule has 1 saturated heterocycles. The number of imidazole rings is 1. The average Bonchev–Trinajstić information content (AvgIpc) is 3.55. The van der Waals surface area contributed by atoms with E-state index >= 15 is 0 Å². The minimum absolute atomic E-state index is 0.218. The molecule has 31 heavy (non-hydrogen) atoms. The Kier molecular flexibility index (Phi) is 4.63. The van der Waals surface area contributed by atoms with Gasteiger partial charge in [-0.15, -0.1) is 5.10 Å². The molecule has 3 aliphatic heterocycles. The molecule has 15 nitrogen and oxygen atoms in total. The van der Waals surface area contributed by atoms with Crippen molar-refractivity contribution in [2.75, 3.05) is 12.3 Å². The summed E-state index contributed by atoms with van der Waals surface area (Å²) in [5.41, 5.74) is 8.10. The number of hydrogen-bond acceptors (Lipinski definition) is 12. The SMILES string of the molecule is Nc1ncnc2c1ncn2[C@@H]1O[C@H](CO)[C@@H](O)[C@H]1O.c1nc2c3cnnc-3ncn2[nH]1. The highest BCUT2D eigenvalue weighted by molar-refractivity contribution is 5.81. The highest BCUT2D eigenvalue weighted by Gasteiger charge is 2.43. The predicted octanol–water partition coefficient (Wildman–Crippen LogP) is -2.03. The Bertz CT molecular complexity index is 1300. The average molecular weight is 427 g/mol. The van der Waals surface area contributed by atoms with E-state index < -0.39 is 31.1 Å². The summed E-state index contributed by atoms with van der Waals surface area (Å²) in [6, 6.07) is 0. The summed E-state index contributed by atoms with van der Waals surface area (Å²) in [6.07, 6.45) is 3.45. The van der Waals surface area contributed by atoms with E-state index in [0.29, 0.717) is 17.0 Å². The molecule has 0 saturated carbocycles. The van der Waals surface area contributed by atoms with Gasteiger partial charge in [0.15, 0.2) is 29.2 Å². The molecule has 6 heterocycles. The van der Waals surface area contributed by atoms with Gasteiger partial charge in [0.2, 0.25) is 0 Å². The summed E-state index contributed by atoms with van der Waals surface area (Å²) in [5.74, 6) is 0.845. The molecule has 0 aromatic carbocycles. The third kappa shape index (κ3) is 3.12. The molecular weight excluding hydrogens is 410 g/mol. The van der Waals surface area contributed by atoms with E-state index in [0.717, 1.165) is 11.2 Å². The first-order valence-corrected chi connectivity index (χ1v) is 9.11. The molecule has 3 aromatic rings. The predicted molar refractivity (Wildman–Crippen MR) is 102 cm³/mol. The van der Waals surface area contributed by atoms with Crippen molar-refractivity contribution >= 4 is 22.6 Å². The molecule has 4 atom stereocenters. The lowest BCUT2D eigenvalue weighted by molar-refractivity contribution is -0.0511. The van der Waals surface area contributed by atoms with Crippen molar-refractivity contribution in [3.8, 4) is 11.4 Å². The van der Waals surface area contributed by atoms with E-state index in [-0.39, 0.29) is 5.82 Å². The van der Waals surface area contributed by atoms with Crippen LogP contribution in [0.5, 0.6) is 0 Å². The first kappa shape index (κ1) is 19.2. The summed E-state index contributed by atoms with van der Waals surface area (Å²) in [6.45, 7) is -0.390. The van der Waals surface area contributed by atoms with Crippen LogP contribution in [0.1, 0.15) is 6.23 Å². The number of aromatic amines is 1. The summed E-state index contributed by atoms with van der Waals surface area (Å²) < 4.78 is 8.57. The Labute approximate surface area is 172 Å². The number of ether oxygens (including phenoxy) is 1. The standard InChI is InChI=1S/C10H13N5O4.C6H4N6/c11-8-5-9(13-2-12-8)15(3-14-5)10-7(18)6(17)4(1-16)19-10;1-4-5(11-9-1)8-3-12-6(4)7-2-10-12/h2-4,6-7,10,16-18H,1H2,(H2,11,12,13);1-3H,(H,7,10)/t4-,6-,7-,10-;/m1./s1. The monoisotopic (exact) mass is 427 g/mol.